The van der Waals surface area contributed by atoms with Gasteiger partial charge in [0.1, 0.15) is 17.2 Å². The van der Waals surface area contributed by atoms with Crippen LogP contribution in [0.1, 0.15) is 32.4 Å². The molecule has 1 aromatic heterocycles. The van der Waals surface area contributed by atoms with Gasteiger partial charge in [-0.2, -0.15) is 0 Å². The number of aryl methyl sites for hydroxylation is 1. The zero-order valence-electron chi connectivity index (χ0n) is 18.3. The molecule has 4 rings (SSSR count). The molecule has 1 aliphatic heterocycles. The number of fused-ring (bicyclic) bond motifs is 1. The highest BCUT2D eigenvalue weighted by atomic mass is 16.5. The fourth-order valence-electron chi connectivity index (χ4n) is 3.62. The van der Waals surface area contributed by atoms with Gasteiger partial charge in [-0.25, -0.2) is 0 Å². The van der Waals surface area contributed by atoms with E-state index in [1.165, 1.54) is 0 Å². The molecule has 0 radical (unpaired) electrons. The Bertz CT molecular complexity index is 1060. The molecule has 0 bridgehead atoms. The number of nitrogens with one attached hydrogen (secondary N) is 2. The number of ether oxygens (including phenoxy) is 2. The van der Waals surface area contributed by atoms with Crippen LogP contribution >= 0.6 is 0 Å². The van der Waals surface area contributed by atoms with Gasteiger partial charge in [0.2, 0.25) is 5.91 Å². The van der Waals surface area contributed by atoms with Gasteiger partial charge in [-0.15, -0.1) is 0 Å². The van der Waals surface area contributed by atoms with Crippen LogP contribution in [0.5, 0.6) is 17.2 Å². The number of carbonyl (C=O) groups excluding carboxylic acids is 1. The van der Waals surface area contributed by atoms with Gasteiger partial charge < -0.3 is 20.1 Å². The molecule has 1 fully saturated rings. The average molecular weight is 420 g/mol. The number of rotatable bonds is 7. The van der Waals surface area contributed by atoms with E-state index in [0.717, 1.165) is 47.4 Å². The van der Waals surface area contributed by atoms with Crippen LogP contribution in [-0.4, -0.2) is 30.1 Å². The van der Waals surface area contributed by atoms with Gasteiger partial charge in [0.05, 0.1) is 18.2 Å². The standard InChI is InChI=1S/C25H29N3O3/c1-16(2)15-30-24-13-17(3)27-22-11-10-20(14-21(22)24)31-19-8-6-18(7-9-19)28-25(29)23-5-4-12-26-23/h6-11,13-14,16,23,26H,4-5,12,15H2,1-3H3,(H,28,29)/t23-/m0/s1. The molecule has 1 amide bonds. The van der Waals surface area contributed by atoms with E-state index in [1.807, 2.05) is 55.5 Å². The molecule has 2 aromatic carbocycles. The second-order valence-corrected chi connectivity index (χ2v) is 8.41. The molecule has 6 nitrogen and oxygen atoms in total. The Balaban J connectivity index is 1.48. The van der Waals surface area contributed by atoms with Crippen LogP contribution in [0, 0.1) is 12.8 Å². The van der Waals surface area contributed by atoms with E-state index in [4.69, 9.17) is 9.47 Å². The minimum Gasteiger partial charge on any atom is -0.493 e. The van der Waals surface area contributed by atoms with E-state index in [9.17, 15) is 4.79 Å². The van der Waals surface area contributed by atoms with E-state index in [2.05, 4.69) is 29.5 Å². The lowest BCUT2D eigenvalue weighted by molar-refractivity contribution is -0.117. The Kier molecular flexibility index (Phi) is 6.37. The number of hydrogen-bond donors (Lipinski definition) is 2. The molecule has 0 aliphatic carbocycles. The summed E-state index contributed by atoms with van der Waals surface area (Å²) in [5.74, 6) is 2.67. The summed E-state index contributed by atoms with van der Waals surface area (Å²) in [7, 11) is 0. The van der Waals surface area contributed by atoms with Gasteiger partial charge in [-0.3, -0.25) is 9.78 Å². The van der Waals surface area contributed by atoms with Gasteiger partial charge in [-0.05, 0) is 74.7 Å². The quantitative estimate of drug-likeness (QED) is 0.560. The van der Waals surface area contributed by atoms with Crippen molar-refractivity contribution in [1.82, 2.24) is 10.3 Å². The van der Waals surface area contributed by atoms with E-state index in [0.29, 0.717) is 24.0 Å². The first-order valence-corrected chi connectivity index (χ1v) is 10.8. The molecular formula is C25H29N3O3. The maximum atomic E-state index is 12.2. The minimum absolute atomic E-state index is 0.0115. The maximum absolute atomic E-state index is 12.2. The third-order valence-electron chi connectivity index (χ3n) is 5.18. The molecule has 0 spiro atoms. The van der Waals surface area contributed by atoms with Crippen LogP contribution in [0.4, 0.5) is 5.69 Å². The monoisotopic (exact) mass is 419 g/mol. The summed E-state index contributed by atoms with van der Waals surface area (Å²) >= 11 is 0. The molecule has 31 heavy (non-hydrogen) atoms. The summed E-state index contributed by atoms with van der Waals surface area (Å²) in [6.45, 7) is 7.76. The zero-order chi connectivity index (χ0) is 21.8. The van der Waals surface area contributed by atoms with Crippen molar-refractivity contribution in [3.63, 3.8) is 0 Å². The molecule has 3 aromatic rings. The van der Waals surface area contributed by atoms with Gasteiger partial charge >= 0.3 is 0 Å². The van der Waals surface area contributed by atoms with Crippen molar-refractivity contribution in [3.8, 4) is 17.2 Å². The van der Waals surface area contributed by atoms with E-state index >= 15 is 0 Å². The maximum Gasteiger partial charge on any atom is 0.241 e. The first kappa shape index (κ1) is 21.1. The van der Waals surface area contributed by atoms with Crippen LogP contribution in [0.2, 0.25) is 0 Å². The van der Waals surface area contributed by atoms with Gasteiger partial charge in [-0.1, -0.05) is 13.8 Å². The van der Waals surface area contributed by atoms with Crippen LogP contribution < -0.4 is 20.1 Å². The Morgan fingerprint density at radius 2 is 1.94 bits per heavy atom. The highest BCUT2D eigenvalue weighted by molar-refractivity contribution is 5.95. The molecule has 0 saturated carbocycles. The van der Waals surface area contributed by atoms with Crippen LogP contribution in [0.25, 0.3) is 10.9 Å². The third-order valence-corrected chi connectivity index (χ3v) is 5.18. The van der Waals surface area contributed by atoms with Crippen molar-refractivity contribution in [3.05, 3.63) is 54.2 Å². The van der Waals surface area contributed by atoms with Crippen LogP contribution in [-0.2, 0) is 4.79 Å². The number of nitrogens with zero attached hydrogens (tertiary/aromatic N) is 1. The molecule has 1 aliphatic rings. The lowest BCUT2D eigenvalue weighted by atomic mass is 10.1. The Morgan fingerprint density at radius 3 is 2.65 bits per heavy atom. The number of benzene rings is 2. The predicted octanol–water partition coefficient (Wildman–Crippen LogP) is 5.06. The second-order valence-electron chi connectivity index (χ2n) is 8.41. The number of carbonyl (C=O) groups is 1. The highest BCUT2D eigenvalue weighted by Crippen LogP contribution is 2.32. The smallest absolute Gasteiger partial charge is 0.241 e. The number of amides is 1. The molecule has 2 N–H and O–H groups in total. The summed E-state index contributed by atoms with van der Waals surface area (Å²) < 4.78 is 12.1. The summed E-state index contributed by atoms with van der Waals surface area (Å²) in [5.41, 5.74) is 2.56. The molecule has 1 atom stereocenters. The van der Waals surface area contributed by atoms with E-state index in [-0.39, 0.29) is 11.9 Å². The largest absolute Gasteiger partial charge is 0.493 e. The lowest BCUT2D eigenvalue weighted by Gasteiger charge is -2.14. The Hall–Kier alpha value is -3.12. The van der Waals surface area contributed by atoms with Crippen LogP contribution in [0.3, 0.4) is 0 Å². The van der Waals surface area contributed by atoms with Crippen molar-refractivity contribution in [2.75, 3.05) is 18.5 Å². The lowest BCUT2D eigenvalue weighted by Crippen LogP contribution is -2.35. The summed E-state index contributed by atoms with van der Waals surface area (Å²) in [5, 5.41) is 7.09. The van der Waals surface area contributed by atoms with Crippen molar-refractivity contribution in [1.29, 1.82) is 0 Å². The second kappa shape index (κ2) is 9.35. The van der Waals surface area contributed by atoms with Crippen molar-refractivity contribution in [2.24, 2.45) is 5.92 Å². The highest BCUT2D eigenvalue weighted by Gasteiger charge is 2.21. The van der Waals surface area contributed by atoms with Crippen molar-refractivity contribution in [2.45, 2.75) is 39.7 Å². The fourth-order valence-corrected chi connectivity index (χ4v) is 3.62. The van der Waals surface area contributed by atoms with Gasteiger partial charge in [0.15, 0.2) is 0 Å². The van der Waals surface area contributed by atoms with Gasteiger partial charge in [0, 0.05) is 22.8 Å². The van der Waals surface area contributed by atoms with Crippen LogP contribution in [0.15, 0.2) is 48.5 Å². The number of aromatic nitrogens is 1. The summed E-state index contributed by atoms with van der Waals surface area (Å²) in [4.78, 5) is 16.8. The number of hydrogen-bond acceptors (Lipinski definition) is 5. The predicted molar refractivity (Wildman–Crippen MR) is 123 cm³/mol. The minimum atomic E-state index is -0.0992. The molecule has 6 heteroatoms. The average Bonchev–Trinajstić information content (AvgIpc) is 3.29. The fraction of sp³-hybridized carbons (Fsp3) is 0.360. The van der Waals surface area contributed by atoms with Gasteiger partial charge in [0.25, 0.3) is 0 Å². The SMILES string of the molecule is Cc1cc(OCC(C)C)c2cc(Oc3ccc(NC(=O)[C@@H]4CCCN4)cc3)ccc2n1. The molecule has 2 heterocycles. The first-order valence-electron chi connectivity index (χ1n) is 10.8. The van der Waals surface area contributed by atoms with Crippen molar-refractivity contribution >= 4 is 22.5 Å². The third kappa shape index (κ3) is 5.33. The molecule has 162 valence electrons. The summed E-state index contributed by atoms with van der Waals surface area (Å²) in [6, 6.07) is 15.1. The first-order chi connectivity index (χ1) is 15.0. The topological polar surface area (TPSA) is 72.5 Å². The Morgan fingerprint density at radius 1 is 1.16 bits per heavy atom. The number of pyridine rings is 1. The Labute approximate surface area is 183 Å². The molecule has 1 saturated heterocycles. The number of anilines is 1. The normalized spacial score (nSPS) is 15.9. The van der Waals surface area contributed by atoms with E-state index in [1.54, 1.807) is 0 Å². The van der Waals surface area contributed by atoms with Crippen molar-refractivity contribution < 1.29 is 14.3 Å². The molecule has 0 unspecified atom stereocenters. The zero-order valence-corrected chi connectivity index (χ0v) is 18.3. The van der Waals surface area contributed by atoms with E-state index < -0.39 is 0 Å². The molecular weight excluding hydrogens is 390 g/mol. The summed E-state index contributed by atoms with van der Waals surface area (Å²) in [6.07, 6.45) is 1.92.